The molecule has 0 aliphatic rings. The maximum absolute atomic E-state index is 13.4. The maximum Gasteiger partial charge on any atom is 0.107 e. The first kappa shape index (κ1) is 13.8. The monoisotopic (exact) mass is 273 g/mol. The van der Waals surface area contributed by atoms with Crippen molar-refractivity contribution in [3.63, 3.8) is 0 Å². The predicted octanol–water partition coefficient (Wildman–Crippen LogP) is 4.26. The van der Waals surface area contributed by atoms with Gasteiger partial charge in [0.2, 0.25) is 0 Å². The van der Waals surface area contributed by atoms with E-state index < -0.39 is 0 Å². The van der Waals surface area contributed by atoms with Gasteiger partial charge < -0.3 is 5.73 Å². The molecule has 0 spiro atoms. The molecule has 1 nitrogen and oxygen atoms in total. The van der Waals surface area contributed by atoms with Crippen LogP contribution in [0, 0.1) is 0 Å². The van der Waals surface area contributed by atoms with Crippen LogP contribution in [0.15, 0.2) is 71.4 Å². The summed E-state index contributed by atoms with van der Waals surface area (Å²) in [7, 11) is 0. The lowest BCUT2D eigenvalue weighted by atomic mass is 10.1. The molecule has 0 aromatic heterocycles. The van der Waals surface area contributed by atoms with Gasteiger partial charge in [-0.2, -0.15) is 0 Å². The van der Waals surface area contributed by atoms with Gasteiger partial charge in [0.25, 0.3) is 0 Å². The van der Waals surface area contributed by atoms with E-state index in [0.29, 0.717) is 5.75 Å². The Labute approximate surface area is 117 Å². The average molecular weight is 273 g/mol. The van der Waals surface area contributed by atoms with Crippen LogP contribution in [0.4, 0.5) is 4.39 Å². The first-order valence-corrected chi connectivity index (χ1v) is 7.11. The molecule has 2 aromatic carbocycles. The van der Waals surface area contributed by atoms with E-state index in [4.69, 9.17) is 5.73 Å². The van der Waals surface area contributed by atoms with Gasteiger partial charge in [-0.05, 0) is 23.3 Å². The molecule has 2 aromatic rings. The van der Waals surface area contributed by atoms with Crippen LogP contribution in [-0.4, -0.2) is 12.3 Å². The normalized spacial score (nSPS) is 11.6. The zero-order valence-corrected chi connectivity index (χ0v) is 11.4. The Hall–Kier alpha value is -1.58. The van der Waals surface area contributed by atoms with Crippen LogP contribution in [0.2, 0.25) is 0 Å². The van der Waals surface area contributed by atoms with Crippen LogP contribution >= 0.6 is 11.8 Å². The fourth-order valence-corrected chi connectivity index (χ4v) is 2.71. The highest BCUT2D eigenvalue weighted by atomic mass is 32.2. The Kier molecular flexibility index (Phi) is 5.19. The van der Waals surface area contributed by atoms with E-state index in [2.05, 4.69) is 18.2 Å². The molecule has 0 radical (unpaired) electrons. The smallest absolute Gasteiger partial charge is 0.107 e. The van der Waals surface area contributed by atoms with Crippen LogP contribution in [0.1, 0.15) is 0 Å². The van der Waals surface area contributed by atoms with E-state index in [-0.39, 0.29) is 12.4 Å². The summed E-state index contributed by atoms with van der Waals surface area (Å²) < 4.78 is 13.4. The molecule has 0 bridgehead atoms. The van der Waals surface area contributed by atoms with Crippen molar-refractivity contribution in [3.8, 4) is 11.1 Å². The van der Waals surface area contributed by atoms with Gasteiger partial charge >= 0.3 is 0 Å². The standard InChI is InChI=1S/C16H16FNS/c17-14(10-11-18)12-19-16-9-5-4-8-15(16)13-6-2-1-3-7-13/h1-10H,11-12,18H2/b14-10-. The highest BCUT2D eigenvalue weighted by Crippen LogP contribution is 2.32. The van der Waals surface area contributed by atoms with Gasteiger partial charge in [0.15, 0.2) is 0 Å². The SMILES string of the molecule is NC/C=C(\F)CSc1ccccc1-c1ccccc1. The molecule has 19 heavy (non-hydrogen) atoms. The van der Waals surface area contributed by atoms with E-state index >= 15 is 0 Å². The number of benzene rings is 2. The molecule has 0 atom stereocenters. The Balaban J connectivity index is 2.20. The molecule has 0 aliphatic carbocycles. The highest BCUT2D eigenvalue weighted by molar-refractivity contribution is 7.99. The molecule has 0 heterocycles. The van der Waals surface area contributed by atoms with Crippen LogP contribution in [0.5, 0.6) is 0 Å². The second kappa shape index (κ2) is 7.12. The third-order valence-corrected chi connectivity index (χ3v) is 3.76. The minimum atomic E-state index is -0.171. The third-order valence-electron chi connectivity index (χ3n) is 2.68. The van der Waals surface area contributed by atoms with Crippen molar-refractivity contribution in [2.24, 2.45) is 5.73 Å². The lowest BCUT2D eigenvalue weighted by molar-refractivity contribution is 0.640. The molecule has 98 valence electrons. The number of nitrogens with two attached hydrogens (primary N) is 1. The number of halogens is 1. The summed E-state index contributed by atoms with van der Waals surface area (Å²) in [5.41, 5.74) is 7.57. The van der Waals surface area contributed by atoms with Gasteiger partial charge in [0.05, 0.1) is 0 Å². The van der Waals surface area contributed by atoms with Gasteiger partial charge in [0, 0.05) is 17.2 Å². The van der Waals surface area contributed by atoms with E-state index in [1.165, 1.54) is 17.8 Å². The lowest BCUT2D eigenvalue weighted by Gasteiger charge is -2.08. The fourth-order valence-electron chi connectivity index (χ4n) is 1.78. The van der Waals surface area contributed by atoms with E-state index in [1.807, 2.05) is 36.4 Å². The summed E-state index contributed by atoms with van der Waals surface area (Å²) in [6.45, 7) is 0.243. The van der Waals surface area contributed by atoms with Gasteiger partial charge in [-0.25, -0.2) is 4.39 Å². The molecule has 0 fully saturated rings. The summed E-state index contributed by atoms with van der Waals surface area (Å²) in [4.78, 5) is 1.08. The van der Waals surface area contributed by atoms with Crippen molar-refractivity contribution in [2.45, 2.75) is 4.90 Å². The summed E-state index contributed by atoms with van der Waals surface area (Å²) >= 11 is 1.49. The molecule has 0 amide bonds. The van der Waals surface area contributed by atoms with E-state index in [1.54, 1.807) is 0 Å². The molecular weight excluding hydrogens is 257 g/mol. The second-order valence-electron chi connectivity index (χ2n) is 4.04. The summed E-state index contributed by atoms with van der Waals surface area (Å²) in [6.07, 6.45) is 1.41. The van der Waals surface area contributed by atoms with Crippen LogP contribution in [0.3, 0.4) is 0 Å². The molecule has 0 saturated carbocycles. The Morgan fingerprint density at radius 2 is 1.74 bits per heavy atom. The quantitative estimate of drug-likeness (QED) is 0.824. The van der Waals surface area contributed by atoms with Crippen molar-refractivity contribution >= 4 is 11.8 Å². The second-order valence-corrected chi connectivity index (χ2v) is 5.05. The average Bonchev–Trinajstić information content (AvgIpc) is 2.47. The lowest BCUT2D eigenvalue weighted by Crippen LogP contribution is -1.95. The number of thioether (sulfide) groups is 1. The van der Waals surface area contributed by atoms with Crippen molar-refractivity contribution in [1.29, 1.82) is 0 Å². The number of hydrogen-bond donors (Lipinski definition) is 1. The van der Waals surface area contributed by atoms with Crippen molar-refractivity contribution < 1.29 is 4.39 Å². The van der Waals surface area contributed by atoms with Crippen LogP contribution in [-0.2, 0) is 0 Å². The van der Waals surface area contributed by atoms with Crippen molar-refractivity contribution in [1.82, 2.24) is 0 Å². The summed E-state index contributed by atoms with van der Waals surface area (Å²) in [5, 5.41) is 0. The molecular formula is C16H16FNS. The fraction of sp³-hybridized carbons (Fsp3) is 0.125. The largest absolute Gasteiger partial charge is 0.327 e. The highest BCUT2D eigenvalue weighted by Gasteiger charge is 2.05. The van der Waals surface area contributed by atoms with Crippen LogP contribution < -0.4 is 5.73 Å². The third kappa shape index (κ3) is 3.94. The summed E-state index contributed by atoms with van der Waals surface area (Å²) in [6, 6.07) is 18.2. The first-order chi connectivity index (χ1) is 9.31. The molecule has 2 rings (SSSR count). The maximum atomic E-state index is 13.4. The zero-order valence-electron chi connectivity index (χ0n) is 10.6. The van der Waals surface area contributed by atoms with Gasteiger partial charge in [-0.1, -0.05) is 48.5 Å². The minimum absolute atomic E-state index is 0.171. The van der Waals surface area contributed by atoms with Crippen LogP contribution in [0.25, 0.3) is 11.1 Å². The number of hydrogen-bond acceptors (Lipinski definition) is 2. The molecule has 0 unspecified atom stereocenters. The first-order valence-electron chi connectivity index (χ1n) is 6.13. The van der Waals surface area contributed by atoms with E-state index in [0.717, 1.165) is 16.0 Å². The predicted molar refractivity (Wildman–Crippen MR) is 80.8 cm³/mol. The van der Waals surface area contributed by atoms with Gasteiger partial charge in [-0.15, -0.1) is 11.8 Å². The zero-order chi connectivity index (χ0) is 13.5. The van der Waals surface area contributed by atoms with Gasteiger partial charge in [0.1, 0.15) is 5.83 Å². The topological polar surface area (TPSA) is 26.0 Å². The Bertz CT molecular complexity index is 552. The molecule has 0 saturated heterocycles. The molecule has 2 N–H and O–H groups in total. The van der Waals surface area contributed by atoms with Gasteiger partial charge in [-0.3, -0.25) is 0 Å². The summed E-state index contributed by atoms with van der Waals surface area (Å²) in [5.74, 6) is 0.150. The number of rotatable bonds is 5. The minimum Gasteiger partial charge on any atom is -0.327 e. The van der Waals surface area contributed by atoms with Crippen molar-refractivity contribution in [2.75, 3.05) is 12.3 Å². The van der Waals surface area contributed by atoms with E-state index in [9.17, 15) is 4.39 Å². The molecule has 3 heteroatoms. The molecule has 0 aliphatic heterocycles. The Morgan fingerprint density at radius 1 is 1.05 bits per heavy atom. The van der Waals surface area contributed by atoms with Crippen molar-refractivity contribution in [3.05, 3.63) is 66.5 Å². The Morgan fingerprint density at radius 3 is 2.47 bits per heavy atom.